The summed E-state index contributed by atoms with van der Waals surface area (Å²) < 4.78 is 5.13. The number of hydrogen-bond donors (Lipinski definition) is 2. The molecule has 0 atom stereocenters. The third-order valence-corrected chi connectivity index (χ3v) is 5.46. The minimum Gasteiger partial charge on any atom is -0.476 e. The Morgan fingerprint density at radius 1 is 1.24 bits per heavy atom. The standard InChI is InChI=1S/C18H18N4O6S/c1-3-28-18(27)12-10-4-7-22(9(2)23)8-11(10)29-16(12)21-15(24)13-14(17(25)26)20-6-5-19-13/h5-6H,3-4,7-8H2,1-2H3,(H,21,24)(H,25,26). The third kappa shape index (κ3) is 4.09. The maximum atomic E-state index is 12.7. The van der Waals surface area contributed by atoms with Gasteiger partial charge in [0, 0.05) is 30.7 Å². The Morgan fingerprint density at radius 3 is 2.55 bits per heavy atom. The van der Waals surface area contributed by atoms with E-state index in [1.54, 1.807) is 11.8 Å². The first-order valence-corrected chi connectivity index (χ1v) is 9.57. The molecule has 2 aromatic rings. The molecule has 2 amide bonds. The Kier molecular flexibility index (Phi) is 5.87. The lowest BCUT2D eigenvalue weighted by atomic mass is 10.0. The molecule has 0 fully saturated rings. The van der Waals surface area contributed by atoms with Crippen molar-refractivity contribution in [1.82, 2.24) is 14.9 Å². The van der Waals surface area contributed by atoms with Gasteiger partial charge in [-0.15, -0.1) is 11.3 Å². The van der Waals surface area contributed by atoms with Crippen LogP contribution in [0.5, 0.6) is 0 Å². The predicted molar refractivity (Wildman–Crippen MR) is 102 cm³/mol. The number of fused-ring (bicyclic) bond motifs is 1. The molecule has 152 valence electrons. The molecule has 0 spiro atoms. The molecule has 29 heavy (non-hydrogen) atoms. The number of hydrogen-bond acceptors (Lipinski definition) is 8. The summed E-state index contributed by atoms with van der Waals surface area (Å²) in [5.74, 6) is -2.87. The zero-order valence-corrected chi connectivity index (χ0v) is 16.5. The SMILES string of the molecule is CCOC(=O)c1c(NC(=O)c2nccnc2C(=O)O)sc2c1CCN(C(C)=O)C2. The number of carbonyl (C=O) groups is 4. The van der Waals surface area contributed by atoms with Crippen LogP contribution in [0.15, 0.2) is 12.4 Å². The molecule has 0 unspecified atom stereocenters. The number of thiophene rings is 1. The number of carbonyl (C=O) groups excluding carboxylic acids is 3. The second-order valence-corrected chi connectivity index (χ2v) is 7.24. The van der Waals surface area contributed by atoms with Crippen LogP contribution in [0.4, 0.5) is 5.00 Å². The van der Waals surface area contributed by atoms with Crippen molar-refractivity contribution in [2.75, 3.05) is 18.5 Å². The third-order valence-electron chi connectivity index (χ3n) is 4.32. The van der Waals surface area contributed by atoms with Gasteiger partial charge in [0.25, 0.3) is 5.91 Å². The van der Waals surface area contributed by atoms with Gasteiger partial charge >= 0.3 is 11.9 Å². The molecule has 2 N–H and O–H groups in total. The normalized spacial score (nSPS) is 12.8. The molecule has 1 aliphatic heterocycles. The van der Waals surface area contributed by atoms with E-state index in [2.05, 4.69) is 15.3 Å². The number of anilines is 1. The Bertz CT molecular complexity index is 1000. The predicted octanol–water partition coefficient (Wildman–Crippen LogP) is 1.57. The number of amides is 2. The summed E-state index contributed by atoms with van der Waals surface area (Å²) in [4.78, 5) is 58.1. The number of carboxylic acids is 1. The summed E-state index contributed by atoms with van der Waals surface area (Å²) in [6.07, 6.45) is 2.82. The molecule has 0 saturated carbocycles. The monoisotopic (exact) mass is 418 g/mol. The molecule has 2 aromatic heterocycles. The van der Waals surface area contributed by atoms with E-state index in [1.165, 1.54) is 19.3 Å². The van der Waals surface area contributed by atoms with E-state index >= 15 is 0 Å². The van der Waals surface area contributed by atoms with Gasteiger partial charge in [-0.3, -0.25) is 9.59 Å². The van der Waals surface area contributed by atoms with Crippen LogP contribution >= 0.6 is 11.3 Å². The highest BCUT2D eigenvalue weighted by atomic mass is 32.1. The van der Waals surface area contributed by atoms with Gasteiger partial charge in [-0.1, -0.05) is 0 Å². The fourth-order valence-electron chi connectivity index (χ4n) is 3.00. The van der Waals surface area contributed by atoms with E-state index in [0.717, 1.165) is 21.8 Å². The van der Waals surface area contributed by atoms with Crippen molar-refractivity contribution < 1.29 is 29.0 Å². The summed E-state index contributed by atoms with van der Waals surface area (Å²) in [6, 6.07) is 0. The highest BCUT2D eigenvalue weighted by molar-refractivity contribution is 7.17. The molecular weight excluding hydrogens is 400 g/mol. The Morgan fingerprint density at radius 2 is 1.93 bits per heavy atom. The molecule has 10 nitrogen and oxygen atoms in total. The first-order valence-electron chi connectivity index (χ1n) is 8.76. The molecule has 0 saturated heterocycles. The van der Waals surface area contributed by atoms with Crippen LogP contribution in [-0.4, -0.2) is 56.9 Å². The lowest BCUT2D eigenvalue weighted by Gasteiger charge is -2.25. The number of nitrogens with one attached hydrogen (secondary N) is 1. The number of aromatic nitrogens is 2. The van der Waals surface area contributed by atoms with Crippen LogP contribution in [-0.2, 0) is 22.5 Å². The summed E-state index contributed by atoms with van der Waals surface area (Å²) in [5, 5.41) is 12.0. The highest BCUT2D eigenvalue weighted by Gasteiger charge is 2.31. The average molecular weight is 418 g/mol. The minimum absolute atomic E-state index is 0.0852. The van der Waals surface area contributed by atoms with Gasteiger partial charge in [-0.2, -0.15) is 0 Å². The molecule has 0 bridgehead atoms. The fourth-order valence-corrected chi connectivity index (χ4v) is 4.25. The first kappa shape index (κ1) is 20.4. The summed E-state index contributed by atoms with van der Waals surface area (Å²) in [6.45, 7) is 4.07. The molecule has 1 aliphatic rings. The van der Waals surface area contributed by atoms with E-state index < -0.39 is 23.5 Å². The Balaban J connectivity index is 1.99. The molecular formula is C18H18N4O6S. The molecule has 0 aliphatic carbocycles. The fraction of sp³-hybridized carbons (Fsp3) is 0.333. The smallest absolute Gasteiger partial charge is 0.356 e. The average Bonchev–Trinajstić information content (AvgIpc) is 3.04. The van der Waals surface area contributed by atoms with E-state index in [4.69, 9.17) is 4.74 Å². The van der Waals surface area contributed by atoms with E-state index in [0.29, 0.717) is 19.5 Å². The zero-order chi connectivity index (χ0) is 21.1. The van der Waals surface area contributed by atoms with Crippen LogP contribution in [0, 0.1) is 0 Å². The summed E-state index contributed by atoms with van der Waals surface area (Å²) in [7, 11) is 0. The molecule has 3 rings (SSSR count). The molecule has 0 radical (unpaired) electrons. The number of rotatable bonds is 5. The zero-order valence-electron chi connectivity index (χ0n) is 15.7. The van der Waals surface area contributed by atoms with E-state index in [9.17, 15) is 24.3 Å². The van der Waals surface area contributed by atoms with Gasteiger partial charge in [0.2, 0.25) is 5.91 Å². The quantitative estimate of drug-likeness (QED) is 0.698. The van der Waals surface area contributed by atoms with Crippen LogP contribution in [0.3, 0.4) is 0 Å². The second-order valence-electron chi connectivity index (χ2n) is 6.13. The summed E-state index contributed by atoms with van der Waals surface area (Å²) >= 11 is 1.15. The van der Waals surface area contributed by atoms with Gasteiger partial charge < -0.3 is 20.1 Å². The lowest BCUT2D eigenvalue weighted by Crippen LogP contribution is -2.34. The lowest BCUT2D eigenvalue weighted by molar-refractivity contribution is -0.129. The van der Waals surface area contributed by atoms with Crippen molar-refractivity contribution in [1.29, 1.82) is 0 Å². The maximum absolute atomic E-state index is 12.7. The Hall–Kier alpha value is -3.34. The number of carboxylic acid groups (broad SMARTS) is 1. The van der Waals surface area contributed by atoms with Crippen molar-refractivity contribution >= 4 is 40.1 Å². The van der Waals surface area contributed by atoms with Crippen molar-refractivity contribution in [2.24, 2.45) is 0 Å². The number of esters is 1. The molecule has 3 heterocycles. The first-order chi connectivity index (χ1) is 13.8. The maximum Gasteiger partial charge on any atom is 0.356 e. The van der Waals surface area contributed by atoms with Gasteiger partial charge in [0.1, 0.15) is 5.00 Å². The summed E-state index contributed by atoms with van der Waals surface area (Å²) in [5.41, 5.74) is 0.0846. The highest BCUT2D eigenvalue weighted by Crippen LogP contribution is 2.38. The van der Waals surface area contributed by atoms with E-state index in [-0.39, 0.29) is 28.8 Å². The molecule has 0 aromatic carbocycles. The van der Waals surface area contributed by atoms with Crippen molar-refractivity contribution in [3.8, 4) is 0 Å². The van der Waals surface area contributed by atoms with E-state index in [1.807, 2.05) is 0 Å². The van der Waals surface area contributed by atoms with Crippen molar-refractivity contribution in [3.63, 3.8) is 0 Å². The number of ether oxygens (including phenoxy) is 1. The largest absolute Gasteiger partial charge is 0.476 e. The van der Waals surface area contributed by atoms with Crippen LogP contribution in [0.1, 0.15) is 55.6 Å². The Labute approximate surface area is 169 Å². The molecule has 11 heteroatoms. The number of aromatic carboxylic acids is 1. The van der Waals surface area contributed by atoms with Crippen LogP contribution < -0.4 is 5.32 Å². The van der Waals surface area contributed by atoms with Gasteiger partial charge in [-0.05, 0) is 18.9 Å². The van der Waals surface area contributed by atoms with Crippen LogP contribution in [0.25, 0.3) is 0 Å². The number of nitrogens with zero attached hydrogens (tertiary/aromatic N) is 3. The van der Waals surface area contributed by atoms with Crippen molar-refractivity contribution in [2.45, 2.75) is 26.8 Å². The van der Waals surface area contributed by atoms with Crippen molar-refractivity contribution in [3.05, 3.63) is 39.8 Å². The van der Waals surface area contributed by atoms with Gasteiger partial charge in [0.15, 0.2) is 11.4 Å². The van der Waals surface area contributed by atoms with Crippen LogP contribution in [0.2, 0.25) is 0 Å². The topological polar surface area (TPSA) is 139 Å². The minimum atomic E-state index is -1.39. The van der Waals surface area contributed by atoms with Gasteiger partial charge in [-0.25, -0.2) is 19.6 Å². The van der Waals surface area contributed by atoms with Gasteiger partial charge in [0.05, 0.1) is 18.7 Å². The second kappa shape index (κ2) is 8.35.